The average Bonchev–Trinajstić information content (AvgIpc) is 2.15. The van der Waals surface area contributed by atoms with E-state index in [4.69, 9.17) is 5.73 Å². The summed E-state index contributed by atoms with van der Waals surface area (Å²) in [5.74, 6) is -2.26. The van der Waals surface area contributed by atoms with E-state index in [0.29, 0.717) is 5.56 Å². The second kappa shape index (κ2) is 3.66. The fraction of sp³-hybridized carbons (Fsp3) is 0.167. The number of allylic oxidation sites excluding steroid dienone is 1. The lowest BCUT2D eigenvalue weighted by Gasteiger charge is -2.29. The van der Waals surface area contributed by atoms with Crippen molar-refractivity contribution in [2.45, 2.75) is 12.2 Å². The van der Waals surface area contributed by atoms with E-state index in [2.05, 4.69) is 0 Å². The summed E-state index contributed by atoms with van der Waals surface area (Å²) in [5.41, 5.74) is 6.73. The quantitative estimate of drug-likeness (QED) is 0.528. The minimum Gasteiger partial charge on any atom is -0.512 e. The first-order valence-corrected chi connectivity index (χ1v) is 4.90. The summed E-state index contributed by atoms with van der Waals surface area (Å²) in [5, 5.41) is 29.0. The van der Waals surface area contributed by atoms with Crippen molar-refractivity contribution in [1.82, 2.24) is 0 Å². The predicted molar refractivity (Wildman–Crippen MR) is 60.0 cm³/mol. The van der Waals surface area contributed by atoms with Gasteiger partial charge in [0.1, 0.15) is 5.76 Å². The summed E-state index contributed by atoms with van der Waals surface area (Å²) in [7, 11) is 0. The summed E-state index contributed by atoms with van der Waals surface area (Å²) in [4.78, 5) is 0. The van der Waals surface area contributed by atoms with Gasteiger partial charge in [-0.1, -0.05) is 30.3 Å². The Morgan fingerprint density at radius 1 is 1.12 bits per heavy atom. The largest absolute Gasteiger partial charge is 0.512 e. The first kappa shape index (κ1) is 10.7. The summed E-state index contributed by atoms with van der Waals surface area (Å²) in [6.07, 6.45) is 1.09. The average molecular weight is 219 g/mol. The highest BCUT2D eigenvalue weighted by molar-refractivity contribution is 5.76. The zero-order valence-corrected chi connectivity index (χ0v) is 8.59. The molecule has 0 unspecified atom stereocenters. The molecule has 0 aliphatic heterocycles. The van der Waals surface area contributed by atoms with Crippen LogP contribution in [0.1, 0.15) is 12.0 Å². The molecule has 0 heterocycles. The molecule has 5 N–H and O–H groups in total. The highest BCUT2D eigenvalue weighted by Crippen LogP contribution is 2.35. The van der Waals surface area contributed by atoms with E-state index in [0.717, 1.165) is 0 Å². The topological polar surface area (TPSA) is 86.7 Å². The molecule has 0 amide bonds. The van der Waals surface area contributed by atoms with Crippen LogP contribution in [0, 0.1) is 0 Å². The molecule has 2 rings (SSSR count). The number of hydrogen-bond acceptors (Lipinski definition) is 4. The normalized spacial score (nSPS) is 19.5. The second-order valence-electron chi connectivity index (χ2n) is 3.83. The lowest BCUT2D eigenvalue weighted by Crippen LogP contribution is -2.34. The fourth-order valence-electron chi connectivity index (χ4n) is 1.88. The maximum absolute atomic E-state index is 9.85. The zero-order chi connectivity index (χ0) is 11.8. The number of hydrogen-bond donors (Lipinski definition) is 4. The first-order chi connectivity index (χ1) is 7.50. The van der Waals surface area contributed by atoms with E-state index < -0.39 is 5.79 Å². The van der Waals surface area contributed by atoms with Gasteiger partial charge in [0, 0.05) is 11.3 Å². The van der Waals surface area contributed by atoms with Crippen LogP contribution >= 0.6 is 0 Å². The Labute approximate surface area is 93.0 Å². The predicted octanol–water partition coefficient (Wildman–Crippen LogP) is 0.883. The van der Waals surface area contributed by atoms with Crippen LogP contribution in [-0.4, -0.2) is 21.1 Å². The molecule has 0 aromatic heterocycles. The van der Waals surface area contributed by atoms with Gasteiger partial charge < -0.3 is 21.1 Å². The third kappa shape index (κ3) is 1.80. The van der Waals surface area contributed by atoms with Crippen LogP contribution in [0.4, 0.5) is 0 Å². The summed E-state index contributed by atoms with van der Waals surface area (Å²) in [6.45, 7) is 0. The Bertz CT molecular complexity index is 460. The summed E-state index contributed by atoms with van der Waals surface area (Å²) >= 11 is 0. The molecule has 84 valence electrons. The van der Waals surface area contributed by atoms with E-state index in [1.54, 1.807) is 24.3 Å². The number of nitrogens with two attached hydrogens (primary N) is 1. The molecule has 0 saturated carbocycles. The molecule has 16 heavy (non-hydrogen) atoms. The molecule has 0 fully saturated rings. The lowest BCUT2D eigenvalue weighted by molar-refractivity contribution is -0.113. The second-order valence-corrected chi connectivity index (χ2v) is 3.83. The first-order valence-electron chi connectivity index (χ1n) is 4.90. The molecular formula is C12H13NO3. The third-order valence-corrected chi connectivity index (χ3v) is 2.50. The van der Waals surface area contributed by atoms with Gasteiger partial charge in [-0.05, 0) is 11.6 Å². The Kier molecular flexibility index (Phi) is 2.46. The van der Waals surface area contributed by atoms with Gasteiger partial charge in [-0.25, -0.2) is 0 Å². The maximum atomic E-state index is 9.85. The van der Waals surface area contributed by atoms with Crippen molar-refractivity contribution in [3.05, 3.63) is 53.4 Å². The van der Waals surface area contributed by atoms with E-state index >= 15 is 0 Å². The van der Waals surface area contributed by atoms with Gasteiger partial charge in [0.25, 0.3) is 0 Å². The Balaban J connectivity index is 2.57. The summed E-state index contributed by atoms with van der Waals surface area (Å²) < 4.78 is 0. The van der Waals surface area contributed by atoms with Crippen molar-refractivity contribution in [2.24, 2.45) is 5.73 Å². The number of aliphatic hydroxyl groups is 3. The van der Waals surface area contributed by atoms with Crippen LogP contribution in [0.15, 0.2) is 47.9 Å². The van der Waals surface area contributed by atoms with Gasteiger partial charge in [-0.15, -0.1) is 0 Å². The van der Waals surface area contributed by atoms with Crippen LogP contribution in [0.3, 0.4) is 0 Å². The molecule has 0 spiro atoms. The minimum atomic E-state index is -2.12. The molecular weight excluding hydrogens is 206 g/mol. The molecule has 0 bridgehead atoms. The molecule has 0 saturated heterocycles. The van der Waals surface area contributed by atoms with Gasteiger partial charge in [0.2, 0.25) is 0 Å². The van der Waals surface area contributed by atoms with Crippen molar-refractivity contribution in [2.75, 3.05) is 0 Å². The van der Waals surface area contributed by atoms with Crippen molar-refractivity contribution in [3.8, 4) is 0 Å². The summed E-state index contributed by atoms with van der Waals surface area (Å²) in [6, 6.07) is 8.86. The van der Waals surface area contributed by atoms with E-state index in [1.165, 1.54) is 6.08 Å². The van der Waals surface area contributed by atoms with Crippen LogP contribution in [0.2, 0.25) is 0 Å². The van der Waals surface area contributed by atoms with Gasteiger partial charge in [0.05, 0.1) is 6.42 Å². The molecule has 0 atom stereocenters. The van der Waals surface area contributed by atoms with Crippen LogP contribution in [0.25, 0.3) is 5.57 Å². The van der Waals surface area contributed by atoms with Crippen molar-refractivity contribution < 1.29 is 15.3 Å². The van der Waals surface area contributed by atoms with Gasteiger partial charge in [-0.3, -0.25) is 0 Å². The van der Waals surface area contributed by atoms with Gasteiger partial charge >= 0.3 is 0 Å². The van der Waals surface area contributed by atoms with Crippen LogP contribution in [-0.2, 0) is 0 Å². The molecule has 1 aliphatic carbocycles. The maximum Gasteiger partial charge on any atom is 0.199 e. The smallest absolute Gasteiger partial charge is 0.199 e. The fourth-order valence-corrected chi connectivity index (χ4v) is 1.88. The highest BCUT2D eigenvalue weighted by Gasteiger charge is 2.35. The lowest BCUT2D eigenvalue weighted by atomic mass is 9.89. The van der Waals surface area contributed by atoms with Gasteiger partial charge in [-0.2, -0.15) is 0 Å². The molecule has 0 radical (unpaired) electrons. The SMILES string of the molecule is NC1=C(c2ccccc2)C(O)(O)CC(O)=C1. The van der Waals surface area contributed by atoms with Crippen molar-refractivity contribution in [1.29, 1.82) is 0 Å². The highest BCUT2D eigenvalue weighted by atomic mass is 16.5. The Morgan fingerprint density at radius 2 is 1.75 bits per heavy atom. The molecule has 1 aromatic rings. The Hall–Kier alpha value is -1.78. The van der Waals surface area contributed by atoms with E-state index in [9.17, 15) is 15.3 Å². The molecule has 4 nitrogen and oxygen atoms in total. The number of rotatable bonds is 1. The van der Waals surface area contributed by atoms with E-state index in [1.807, 2.05) is 6.07 Å². The standard InChI is InChI=1S/C12H13NO3/c13-10-6-9(14)7-12(15,16)11(10)8-4-2-1-3-5-8/h1-6,14-16H,7,13H2. The van der Waals surface area contributed by atoms with E-state index in [-0.39, 0.29) is 23.5 Å². The van der Waals surface area contributed by atoms with Crippen LogP contribution < -0.4 is 5.73 Å². The monoisotopic (exact) mass is 219 g/mol. The molecule has 1 aromatic carbocycles. The van der Waals surface area contributed by atoms with Crippen molar-refractivity contribution >= 4 is 5.57 Å². The zero-order valence-electron chi connectivity index (χ0n) is 8.59. The van der Waals surface area contributed by atoms with Crippen molar-refractivity contribution in [3.63, 3.8) is 0 Å². The third-order valence-electron chi connectivity index (χ3n) is 2.50. The molecule has 1 aliphatic rings. The number of benzene rings is 1. The number of aliphatic hydroxyl groups excluding tert-OH is 1. The van der Waals surface area contributed by atoms with Gasteiger partial charge in [0.15, 0.2) is 5.79 Å². The van der Waals surface area contributed by atoms with Crippen LogP contribution in [0.5, 0.6) is 0 Å². The molecule has 4 heteroatoms. The minimum absolute atomic E-state index is 0.137. The Morgan fingerprint density at radius 3 is 2.31 bits per heavy atom.